The molecule has 5 rings (SSSR count). The lowest BCUT2D eigenvalue weighted by Gasteiger charge is -2.33. The Morgan fingerprint density at radius 1 is 1.06 bits per heavy atom. The first kappa shape index (κ1) is 21.2. The van der Waals surface area contributed by atoms with Gasteiger partial charge in [0.1, 0.15) is 0 Å². The van der Waals surface area contributed by atoms with Crippen LogP contribution in [0.15, 0.2) is 54.7 Å². The lowest BCUT2D eigenvalue weighted by molar-refractivity contribution is 0.245. The van der Waals surface area contributed by atoms with E-state index in [2.05, 4.69) is 78.0 Å². The second kappa shape index (κ2) is 8.70. The first-order valence-corrected chi connectivity index (χ1v) is 12.3. The van der Waals surface area contributed by atoms with Crippen molar-refractivity contribution in [2.24, 2.45) is 0 Å². The topological polar surface area (TPSA) is 33.1 Å². The predicted molar refractivity (Wildman–Crippen MR) is 134 cm³/mol. The first-order chi connectivity index (χ1) is 15.6. The van der Waals surface area contributed by atoms with E-state index in [0.29, 0.717) is 6.04 Å². The Morgan fingerprint density at radius 3 is 2.53 bits per heavy atom. The lowest BCUT2D eigenvalue weighted by Crippen LogP contribution is -2.37. The fraction of sp³-hybridized carbons (Fsp3) is 0.407. The van der Waals surface area contributed by atoms with E-state index in [4.69, 9.17) is 17.2 Å². The number of rotatable bonds is 5. The Balaban J connectivity index is 1.65. The molecule has 0 bridgehead atoms. The van der Waals surface area contributed by atoms with Crippen LogP contribution in [0.4, 0.5) is 0 Å². The number of aromatic nitrogens is 2. The van der Waals surface area contributed by atoms with Gasteiger partial charge in [-0.25, -0.2) is 0 Å². The molecule has 2 atom stereocenters. The second-order valence-electron chi connectivity index (χ2n) is 9.12. The summed E-state index contributed by atoms with van der Waals surface area (Å²) in [5.74, 6) is 0. The number of benzene rings is 1. The standard InChI is InChI=1S/C27H32N4S/c1-4-20-11-5-8-15-24(20)30-18(2)17-22(19(30)3)26-25(23-14-9-10-16-28-23)29-27(32)31(26)21-12-6-7-13-21/h5,8-11,14-17,21,25-26H,4,6-7,12-13H2,1-3H3,(H,29,32)/t25-,26-/m1/s1. The van der Waals surface area contributed by atoms with Gasteiger partial charge in [0, 0.05) is 29.3 Å². The molecule has 5 heteroatoms. The molecule has 2 aliphatic rings. The van der Waals surface area contributed by atoms with Gasteiger partial charge in [-0.2, -0.15) is 0 Å². The van der Waals surface area contributed by atoms with Gasteiger partial charge in [-0.3, -0.25) is 4.98 Å². The van der Waals surface area contributed by atoms with Gasteiger partial charge >= 0.3 is 0 Å². The molecule has 2 fully saturated rings. The number of thiocarbonyl (C=S) groups is 1. The predicted octanol–water partition coefficient (Wildman–Crippen LogP) is 5.97. The van der Waals surface area contributed by atoms with Crippen molar-refractivity contribution in [2.45, 2.75) is 71.0 Å². The van der Waals surface area contributed by atoms with Crippen molar-refractivity contribution in [1.29, 1.82) is 0 Å². The summed E-state index contributed by atoms with van der Waals surface area (Å²) < 4.78 is 2.43. The molecule has 1 N–H and O–H groups in total. The Kier molecular flexibility index (Phi) is 5.76. The molecule has 1 saturated heterocycles. The van der Waals surface area contributed by atoms with Crippen molar-refractivity contribution < 1.29 is 0 Å². The third-order valence-corrected chi connectivity index (χ3v) is 7.58. The number of nitrogens with zero attached hydrogens (tertiary/aromatic N) is 3. The highest BCUT2D eigenvalue weighted by Gasteiger charge is 2.44. The summed E-state index contributed by atoms with van der Waals surface area (Å²) >= 11 is 5.93. The molecule has 166 valence electrons. The summed E-state index contributed by atoms with van der Waals surface area (Å²) in [7, 11) is 0. The van der Waals surface area contributed by atoms with Gasteiger partial charge in [-0.1, -0.05) is 44.0 Å². The van der Waals surface area contributed by atoms with Crippen molar-refractivity contribution in [3.63, 3.8) is 0 Å². The molecule has 3 heterocycles. The fourth-order valence-electron chi connectivity index (χ4n) is 5.76. The Labute approximate surface area is 196 Å². The molecule has 3 aromatic rings. The van der Waals surface area contributed by atoms with Gasteiger partial charge in [-0.05, 0) is 80.7 Å². The number of hydrogen-bond acceptors (Lipinski definition) is 2. The third kappa shape index (κ3) is 3.53. The normalized spacial score (nSPS) is 21.3. The molecule has 1 aliphatic carbocycles. The fourth-order valence-corrected chi connectivity index (χ4v) is 6.15. The van der Waals surface area contributed by atoms with Crippen LogP contribution in [0, 0.1) is 13.8 Å². The van der Waals surface area contributed by atoms with E-state index >= 15 is 0 Å². The summed E-state index contributed by atoms with van der Waals surface area (Å²) in [4.78, 5) is 7.22. The quantitative estimate of drug-likeness (QED) is 0.492. The van der Waals surface area contributed by atoms with Gasteiger partial charge < -0.3 is 14.8 Å². The summed E-state index contributed by atoms with van der Waals surface area (Å²) in [6.45, 7) is 6.71. The molecule has 32 heavy (non-hydrogen) atoms. The zero-order chi connectivity index (χ0) is 22.2. The van der Waals surface area contributed by atoms with Crippen LogP contribution >= 0.6 is 12.2 Å². The highest BCUT2D eigenvalue weighted by molar-refractivity contribution is 7.80. The summed E-state index contributed by atoms with van der Waals surface area (Å²) in [6.07, 6.45) is 7.90. The molecular formula is C27H32N4S. The minimum atomic E-state index is 0.0552. The van der Waals surface area contributed by atoms with Crippen LogP contribution in [0.5, 0.6) is 0 Å². The molecule has 1 aromatic carbocycles. The maximum absolute atomic E-state index is 5.93. The van der Waals surface area contributed by atoms with E-state index < -0.39 is 0 Å². The SMILES string of the molecule is CCc1ccccc1-n1c(C)cc([C@@H]2[C@@H](c3ccccn3)NC(=S)N2C2CCCC2)c1C. The van der Waals surface area contributed by atoms with Gasteiger partial charge in [-0.15, -0.1) is 0 Å². The van der Waals surface area contributed by atoms with Crippen molar-refractivity contribution in [2.75, 3.05) is 0 Å². The number of hydrogen-bond donors (Lipinski definition) is 1. The number of nitrogens with one attached hydrogen (secondary N) is 1. The minimum Gasteiger partial charge on any atom is -0.352 e. The maximum atomic E-state index is 5.93. The van der Waals surface area contributed by atoms with E-state index in [1.54, 1.807) is 0 Å². The number of para-hydroxylation sites is 1. The summed E-state index contributed by atoms with van der Waals surface area (Å²) in [5, 5.41) is 4.52. The van der Waals surface area contributed by atoms with Crippen LogP contribution in [0.25, 0.3) is 5.69 Å². The molecule has 2 aromatic heterocycles. The molecule has 0 spiro atoms. The zero-order valence-corrected chi connectivity index (χ0v) is 20.0. The molecule has 4 nitrogen and oxygen atoms in total. The van der Waals surface area contributed by atoms with E-state index in [9.17, 15) is 0 Å². The molecule has 1 aliphatic heterocycles. The monoisotopic (exact) mass is 444 g/mol. The van der Waals surface area contributed by atoms with Crippen molar-refractivity contribution in [3.05, 3.63) is 82.9 Å². The molecule has 0 unspecified atom stereocenters. The lowest BCUT2D eigenvalue weighted by atomic mass is 9.95. The number of aryl methyl sites for hydroxylation is 2. The largest absolute Gasteiger partial charge is 0.352 e. The Hall–Kier alpha value is -2.66. The smallest absolute Gasteiger partial charge is 0.170 e. The Bertz CT molecular complexity index is 1110. The number of pyridine rings is 1. The molecule has 1 saturated carbocycles. The molecular weight excluding hydrogens is 412 g/mol. The van der Waals surface area contributed by atoms with Crippen LogP contribution in [-0.4, -0.2) is 25.6 Å². The van der Waals surface area contributed by atoms with Gasteiger partial charge in [0.15, 0.2) is 5.11 Å². The van der Waals surface area contributed by atoms with E-state index in [-0.39, 0.29) is 12.1 Å². The average molecular weight is 445 g/mol. The van der Waals surface area contributed by atoms with Crippen molar-refractivity contribution in [1.82, 2.24) is 19.8 Å². The van der Waals surface area contributed by atoms with Gasteiger partial charge in [0.25, 0.3) is 0 Å². The highest BCUT2D eigenvalue weighted by Crippen LogP contribution is 2.44. The first-order valence-electron chi connectivity index (χ1n) is 11.9. The van der Waals surface area contributed by atoms with E-state index in [1.165, 1.54) is 53.9 Å². The van der Waals surface area contributed by atoms with E-state index in [0.717, 1.165) is 17.2 Å². The van der Waals surface area contributed by atoms with Crippen LogP contribution in [0.3, 0.4) is 0 Å². The highest BCUT2D eigenvalue weighted by atomic mass is 32.1. The zero-order valence-electron chi connectivity index (χ0n) is 19.2. The maximum Gasteiger partial charge on any atom is 0.170 e. The average Bonchev–Trinajstić information content (AvgIpc) is 3.52. The van der Waals surface area contributed by atoms with Crippen molar-refractivity contribution in [3.8, 4) is 5.69 Å². The van der Waals surface area contributed by atoms with Crippen LogP contribution in [0.2, 0.25) is 0 Å². The van der Waals surface area contributed by atoms with E-state index in [1.807, 2.05) is 12.3 Å². The second-order valence-corrected chi connectivity index (χ2v) is 9.50. The van der Waals surface area contributed by atoms with Gasteiger partial charge in [0.05, 0.1) is 17.8 Å². The third-order valence-electron chi connectivity index (χ3n) is 7.26. The molecule has 0 amide bonds. The summed E-state index contributed by atoms with van der Waals surface area (Å²) in [5.41, 5.74) is 7.62. The Morgan fingerprint density at radius 2 is 1.81 bits per heavy atom. The molecule has 0 radical (unpaired) electrons. The summed E-state index contributed by atoms with van der Waals surface area (Å²) in [6, 6.07) is 18.0. The van der Waals surface area contributed by atoms with Crippen molar-refractivity contribution >= 4 is 17.3 Å². The minimum absolute atomic E-state index is 0.0552. The van der Waals surface area contributed by atoms with Crippen LogP contribution < -0.4 is 5.32 Å². The van der Waals surface area contributed by atoms with Crippen LogP contribution in [0.1, 0.15) is 72.9 Å². The van der Waals surface area contributed by atoms with Crippen LogP contribution in [-0.2, 0) is 6.42 Å². The van der Waals surface area contributed by atoms with Gasteiger partial charge in [0.2, 0.25) is 0 Å².